The van der Waals surface area contributed by atoms with Crippen LogP contribution in [-0.2, 0) is 28.7 Å². The van der Waals surface area contributed by atoms with E-state index in [9.17, 15) is 29.4 Å². The van der Waals surface area contributed by atoms with Crippen molar-refractivity contribution in [3.63, 3.8) is 0 Å². The van der Waals surface area contributed by atoms with Crippen LogP contribution in [0.2, 0.25) is 0 Å². The van der Waals surface area contributed by atoms with E-state index in [0.717, 1.165) is 43.0 Å². The first-order valence-corrected chi connectivity index (χ1v) is 16.9. The van der Waals surface area contributed by atoms with Crippen molar-refractivity contribution in [2.75, 3.05) is 11.0 Å². The van der Waals surface area contributed by atoms with Gasteiger partial charge in [0.15, 0.2) is 0 Å². The Bertz CT molecular complexity index is 1090. The number of fused-ring (bicyclic) bond motifs is 2. The zero-order valence-electron chi connectivity index (χ0n) is 24.4. The fourth-order valence-electron chi connectivity index (χ4n) is 8.82. The van der Waals surface area contributed by atoms with Gasteiger partial charge in [0, 0.05) is 35.7 Å². The highest BCUT2D eigenvalue weighted by atomic mass is 127. The number of carbonyl (C=O) groups is 4. The van der Waals surface area contributed by atoms with Crippen molar-refractivity contribution in [2.45, 2.75) is 101 Å². The highest BCUT2D eigenvalue weighted by Crippen LogP contribution is 2.64. The van der Waals surface area contributed by atoms with Crippen LogP contribution >= 0.6 is 22.6 Å². The highest BCUT2D eigenvalue weighted by molar-refractivity contribution is 14.1. The molecule has 2 aliphatic heterocycles. The molecule has 2 heterocycles. The van der Waals surface area contributed by atoms with Crippen LogP contribution in [0.25, 0.3) is 0 Å². The number of aliphatic hydroxyl groups excluding tert-OH is 3. The summed E-state index contributed by atoms with van der Waals surface area (Å²) in [7, 11) is 0. The average molecular weight is 699 g/mol. The number of hydrogen-bond donors (Lipinski definition) is 3. The van der Waals surface area contributed by atoms with Crippen molar-refractivity contribution in [2.24, 2.45) is 34.5 Å². The van der Waals surface area contributed by atoms with Gasteiger partial charge in [0.2, 0.25) is 0 Å². The standard InChI is InChI=1S/C16H21IO4.C16H22O5/c2*1-15-11(7-8-17)12(18)9-16(15,14(20)21-15)13(19)10-5-3-2-4-6-10/h3,5,10-11,13,19H,2,4,6-9H2,1H3;3,5,10-11,13,17,19H,2,4,6-9H2,1H3/t2*10-,11+,13+,15+,16-/m11/s1. The van der Waals surface area contributed by atoms with E-state index < -0.39 is 46.1 Å². The summed E-state index contributed by atoms with van der Waals surface area (Å²) in [6.45, 7) is 3.44. The molecular weight excluding hydrogens is 655 g/mol. The number of aliphatic hydroxyl groups is 3. The van der Waals surface area contributed by atoms with Gasteiger partial charge in [-0.1, -0.05) is 46.9 Å². The first kappa shape index (κ1) is 31.8. The zero-order valence-corrected chi connectivity index (χ0v) is 26.6. The Morgan fingerprint density at radius 3 is 1.57 bits per heavy atom. The minimum Gasteiger partial charge on any atom is -0.457 e. The first-order valence-electron chi connectivity index (χ1n) is 15.3. The fraction of sp³-hybridized carbons (Fsp3) is 0.750. The van der Waals surface area contributed by atoms with Crippen LogP contribution in [0.15, 0.2) is 24.3 Å². The predicted molar refractivity (Wildman–Crippen MR) is 160 cm³/mol. The molecule has 0 unspecified atom stereocenters. The van der Waals surface area contributed by atoms with E-state index >= 15 is 0 Å². The van der Waals surface area contributed by atoms with Crippen molar-refractivity contribution < 1.29 is 44.0 Å². The van der Waals surface area contributed by atoms with E-state index in [2.05, 4.69) is 28.7 Å². The minimum absolute atomic E-state index is 0.0263. The van der Waals surface area contributed by atoms with E-state index in [1.807, 2.05) is 25.2 Å². The van der Waals surface area contributed by atoms with Crippen LogP contribution in [0, 0.1) is 34.5 Å². The fourth-order valence-corrected chi connectivity index (χ4v) is 9.44. The molecule has 6 aliphatic rings. The summed E-state index contributed by atoms with van der Waals surface area (Å²) >= 11 is 2.24. The van der Waals surface area contributed by atoms with Crippen molar-refractivity contribution in [1.82, 2.24) is 0 Å². The van der Waals surface area contributed by atoms with Gasteiger partial charge in [-0.15, -0.1) is 0 Å². The summed E-state index contributed by atoms with van der Waals surface area (Å²) in [6.07, 6.45) is 13.2. The van der Waals surface area contributed by atoms with Gasteiger partial charge in [0.1, 0.15) is 33.6 Å². The molecule has 0 spiro atoms. The molecule has 3 N–H and O–H groups in total. The van der Waals surface area contributed by atoms with Crippen LogP contribution in [0.1, 0.15) is 78.1 Å². The van der Waals surface area contributed by atoms with Crippen LogP contribution in [0.5, 0.6) is 0 Å². The monoisotopic (exact) mass is 698 g/mol. The minimum atomic E-state index is -1.13. The molecule has 42 heavy (non-hydrogen) atoms. The number of rotatable bonds is 8. The van der Waals surface area contributed by atoms with Gasteiger partial charge in [0.25, 0.3) is 0 Å². The van der Waals surface area contributed by atoms with Gasteiger partial charge in [-0.3, -0.25) is 19.2 Å². The molecule has 10 atom stereocenters. The largest absolute Gasteiger partial charge is 0.457 e. The van der Waals surface area contributed by atoms with Crippen LogP contribution in [-0.4, -0.2) is 73.3 Å². The van der Waals surface area contributed by atoms with Crippen LogP contribution < -0.4 is 0 Å². The van der Waals surface area contributed by atoms with Crippen molar-refractivity contribution in [3.05, 3.63) is 24.3 Å². The second-order valence-electron chi connectivity index (χ2n) is 13.3. The lowest BCUT2D eigenvalue weighted by molar-refractivity contribution is -0.264. The summed E-state index contributed by atoms with van der Waals surface area (Å²) in [5.41, 5.74) is -3.95. The van der Waals surface area contributed by atoms with Crippen molar-refractivity contribution in [3.8, 4) is 0 Å². The second kappa shape index (κ2) is 11.7. The van der Waals surface area contributed by atoms with Crippen molar-refractivity contribution in [1.29, 1.82) is 0 Å². The molecule has 0 amide bonds. The molecule has 2 saturated heterocycles. The molecule has 0 aromatic rings. The summed E-state index contributed by atoms with van der Waals surface area (Å²) < 4.78 is 11.6. The Labute approximate surface area is 260 Å². The lowest BCUT2D eigenvalue weighted by Gasteiger charge is -2.55. The Kier molecular flexibility index (Phi) is 8.86. The number of alkyl halides is 1. The highest BCUT2D eigenvalue weighted by Gasteiger charge is 2.79. The molecule has 0 bridgehead atoms. The van der Waals surface area contributed by atoms with E-state index in [1.54, 1.807) is 6.92 Å². The lowest BCUT2D eigenvalue weighted by atomic mass is 9.60. The van der Waals surface area contributed by atoms with Gasteiger partial charge in [-0.25, -0.2) is 0 Å². The smallest absolute Gasteiger partial charge is 0.319 e. The third-order valence-corrected chi connectivity index (χ3v) is 12.0. The SMILES string of the molecule is C[C@@]12OC(=O)[C@]1([C@@H](O)[C@@H]1C=CCCC1)CC(=O)[C@@H]2CCI.C[C@@]12OC(=O)[C@]1([C@@H](O)[C@@H]1C=CCCC1)CC(=O)[C@@H]2CCO. The number of esters is 2. The number of halogens is 1. The summed E-state index contributed by atoms with van der Waals surface area (Å²) in [4.78, 5) is 49.2. The maximum atomic E-state index is 12.4. The summed E-state index contributed by atoms with van der Waals surface area (Å²) in [6, 6.07) is 0. The lowest BCUT2D eigenvalue weighted by Crippen LogP contribution is -2.70. The quantitative estimate of drug-likeness (QED) is 0.150. The molecule has 0 aromatic heterocycles. The van der Waals surface area contributed by atoms with Gasteiger partial charge < -0.3 is 24.8 Å². The van der Waals surface area contributed by atoms with Crippen LogP contribution in [0.4, 0.5) is 0 Å². The molecule has 232 valence electrons. The third-order valence-electron chi connectivity index (χ3n) is 11.3. The van der Waals surface area contributed by atoms with E-state index in [0.29, 0.717) is 6.42 Å². The molecule has 4 fully saturated rings. The van der Waals surface area contributed by atoms with Crippen LogP contribution in [0.3, 0.4) is 0 Å². The maximum absolute atomic E-state index is 12.4. The maximum Gasteiger partial charge on any atom is 0.319 e. The number of ketones is 2. The number of ether oxygens (including phenoxy) is 2. The van der Waals surface area contributed by atoms with E-state index in [1.165, 1.54) is 0 Å². The van der Waals surface area contributed by atoms with Gasteiger partial charge >= 0.3 is 11.9 Å². The number of allylic oxidation sites excluding steroid dienone is 2. The average Bonchev–Trinajstić information content (AvgIpc) is 3.27. The molecule has 10 heteroatoms. The normalized spacial score (nSPS) is 43.2. The summed E-state index contributed by atoms with van der Waals surface area (Å²) in [5.74, 6) is -1.80. The zero-order chi connectivity index (χ0) is 30.5. The third kappa shape index (κ3) is 4.40. The number of Topliss-reactive ketones (excluding diaryl/α,β-unsaturated/α-hetero) is 2. The number of carbonyl (C=O) groups excluding carboxylic acids is 4. The van der Waals surface area contributed by atoms with Gasteiger partial charge in [0.05, 0.1) is 24.0 Å². The Hall–Kier alpha value is -1.63. The molecule has 6 rings (SSSR count). The van der Waals surface area contributed by atoms with Crippen molar-refractivity contribution >= 4 is 46.1 Å². The Balaban J connectivity index is 0.000000168. The number of hydrogen-bond acceptors (Lipinski definition) is 9. The van der Waals surface area contributed by atoms with Gasteiger partial charge in [-0.2, -0.15) is 0 Å². The molecule has 0 aromatic carbocycles. The predicted octanol–water partition coefficient (Wildman–Crippen LogP) is 3.40. The summed E-state index contributed by atoms with van der Waals surface area (Å²) in [5, 5.41) is 30.9. The first-order chi connectivity index (χ1) is 19.9. The Morgan fingerprint density at radius 1 is 0.810 bits per heavy atom. The molecular formula is C32H43IO9. The topological polar surface area (TPSA) is 147 Å². The Morgan fingerprint density at radius 2 is 1.24 bits per heavy atom. The van der Waals surface area contributed by atoms with Gasteiger partial charge in [-0.05, 0) is 65.2 Å². The molecule has 0 radical (unpaired) electrons. The second-order valence-corrected chi connectivity index (χ2v) is 14.3. The molecule has 4 aliphatic carbocycles. The van der Waals surface area contributed by atoms with E-state index in [4.69, 9.17) is 14.6 Å². The molecule has 9 nitrogen and oxygen atoms in total. The molecule has 2 saturated carbocycles. The van der Waals surface area contributed by atoms with E-state index in [-0.39, 0.29) is 61.2 Å².